The number of imide groups is 1. The van der Waals surface area contributed by atoms with E-state index in [1.165, 1.54) is 25.8 Å². The zero-order valence-corrected chi connectivity index (χ0v) is 18.5. The molecule has 0 spiro atoms. The average Bonchev–Trinajstić information content (AvgIpc) is 3.26. The van der Waals surface area contributed by atoms with Crippen molar-refractivity contribution in [1.82, 2.24) is 14.7 Å². The molecule has 168 valence electrons. The van der Waals surface area contributed by atoms with Crippen molar-refractivity contribution in [3.63, 3.8) is 0 Å². The molecule has 0 unspecified atom stereocenters. The van der Waals surface area contributed by atoms with Crippen molar-refractivity contribution in [3.8, 4) is 11.5 Å². The minimum atomic E-state index is -0.504. The van der Waals surface area contributed by atoms with Gasteiger partial charge in [-0.1, -0.05) is 4.99 Å². The number of methoxy groups -OCH3 is 1. The number of benzene rings is 1. The van der Waals surface area contributed by atoms with E-state index in [1.807, 2.05) is 7.05 Å². The molecule has 3 aliphatic rings. The third kappa shape index (κ3) is 3.86. The summed E-state index contributed by atoms with van der Waals surface area (Å²) < 4.78 is 12.4. The number of ether oxygens (including phenoxy) is 2. The van der Waals surface area contributed by atoms with Gasteiger partial charge in [-0.2, -0.15) is 14.5 Å². The Hall–Kier alpha value is -3.60. The van der Waals surface area contributed by atoms with Crippen LogP contribution >= 0.6 is 0 Å². The van der Waals surface area contributed by atoms with Crippen LogP contribution in [0.3, 0.4) is 0 Å². The van der Waals surface area contributed by atoms with Crippen molar-refractivity contribution in [3.05, 3.63) is 23.8 Å². The van der Waals surface area contributed by atoms with E-state index < -0.39 is 11.9 Å². The molecule has 0 N–H and O–H groups in total. The van der Waals surface area contributed by atoms with E-state index >= 15 is 0 Å². The smallest absolute Gasteiger partial charge is 0.446 e. The minimum absolute atomic E-state index is 0.0772. The highest BCUT2D eigenvalue weighted by molar-refractivity contribution is 6.70. The van der Waals surface area contributed by atoms with Gasteiger partial charge in [0, 0.05) is 31.7 Å². The van der Waals surface area contributed by atoms with Crippen LogP contribution in [0.2, 0.25) is 0 Å². The molecule has 0 bridgehead atoms. The first kappa shape index (κ1) is 21.6. The van der Waals surface area contributed by atoms with E-state index in [2.05, 4.69) is 14.9 Å². The lowest BCUT2D eigenvalue weighted by atomic mass is 10.2. The molecule has 0 aromatic heterocycles. The fourth-order valence-electron chi connectivity index (χ4n) is 3.61. The number of piperazine rings is 1. The van der Waals surface area contributed by atoms with Crippen LogP contribution in [0.5, 0.6) is 11.5 Å². The fourth-order valence-corrected chi connectivity index (χ4v) is 3.61. The van der Waals surface area contributed by atoms with E-state index in [0.717, 1.165) is 18.0 Å². The molecular weight excluding hydrogens is 416 g/mol. The second-order valence-electron chi connectivity index (χ2n) is 7.76. The van der Waals surface area contributed by atoms with Crippen molar-refractivity contribution in [1.29, 1.82) is 0 Å². The fraction of sp³-hybridized carbons (Fsp3) is 0.429. The molecule has 32 heavy (non-hydrogen) atoms. The summed E-state index contributed by atoms with van der Waals surface area (Å²) >= 11 is 0. The number of likely N-dealkylation sites (N-methyl/N-ethyl adjacent to an activating group) is 1. The van der Waals surface area contributed by atoms with Gasteiger partial charge in [0.2, 0.25) is 11.5 Å². The van der Waals surface area contributed by atoms with Crippen LogP contribution < -0.4 is 9.47 Å². The first-order valence-electron chi connectivity index (χ1n) is 10.2. The van der Waals surface area contributed by atoms with Crippen molar-refractivity contribution in [2.24, 2.45) is 9.98 Å². The summed E-state index contributed by atoms with van der Waals surface area (Å²) in [6.45, 7) is 2.95. The first-order valence-corrected chi connectivity index (χ1v) is 10.2. The lowest BCUT2D eigenvalue weighted by Gasteiger charge is -2.32. The zero-order valence-electron chi connectivity index (χ0n) is 18.5. The highest BCUT2D eigenvalue weighted by Gasteiger charge is 2.44. The summed E-state index contributed by atoms with van der Waals surface area (Å²) in [5, 5.41) is 0. The van der Waals surface area contributed by atoms with Gasteiger partial charge in [0.05, 0.1) is 21.2 Å². The van der Waals surface area contributed by atoms with Gasteiger partial charge in [-0.25, -0.2) is 9.59 Å². The molecule has 1 fully saturated rings. The second kappa shape index (κ2) is 8.50. The van der Waals surface area contributed by atoms with Crippen LogP contribution in [0.1, 0.15) is 5.56 Å². The summed E-state index contributed by atoms with van der Waals surface area (Å²) in [7, 11) is 6.46. The zero-order chi connectivity index (χ0) is 23.0. The molecular formula is C21H25N6O5+. The van der Waals surface area contributed by atoms with Gasteiger partial charge < -0.3 is 19.3 Å². The summed E-state index contributed by atoms with van der Waals surface area (Å²) in [5.74, 6) is 0.743. The third-order valence-corrected chi connectivity index (χ3v) is 5.67. The van der Waals surface area contributed by atoms with Crippen molar-refractivity contribution < 1.29 is 28.4 Å². The van der Waals surface area contributed by atoms with Crippen molar-refractivity contribution in [2.75, 3.05) is 61.0 Å². The van der Waals surface area contributed by atoms with E-state index in [4.69, 9.17) is 9.47 Å². The van der Waals surface area contributed by atoms with E-state index in [0.29, 0.717) is 30.2 Å². The Morgan fingerprint density at radius 3 is 2.50 bits per heavy atom. The van der Waals surface area contributed by atoms with Crippen LogP contribution in [0.4, 0.5) is 4.79 Å². The quantitative estimate of drug-likeness (QED) is 0.580. The van der Waals surface area contributed by atoms with E-state index in [1.54, 1.807) is 23.1 Å². The van der Waals surface area contributed by atoms with Gasteiger partial charge in [0.25, 0.3) is 5.91 Å². The highest BCUT2D eigenvalue weighted by atomic mass is 16.5. The molecule has 1 aromatic rings. The lowest BCUT2D eigenvalue weighted by Crippen LogP contribution is -2.51. The number of amides is 4. The summed E-state index contributed by atoms with van der Waals surface area (Å²) in [4.78, 5) is 50.6. The molecule has 0 atom stereocenters. The van der Waals surface area contributed by atoms with Gasteiger partial charge in [0.1, 0.15) is 0 Å². The van der Waals surface area contributed by atoms with Crippen LogP contribution in [-0.2, 0) is 9.59 Å². The highest BCUT2D eigenvalue weighted by Crippen LogP contribution is 2.29. The Morgan fingerprint density at radius 2 is 1.81 bits per heavy atom. The number of hydrogen-bond acceptors (Lipinski definition) is 8. The monoisotopic (exact) mass is 441 g/mol. The molecule has 11 nitrogen and oxygen atoms in total. The number of rotatable bonds is 5. The predicted molar refractivity (Wildman–Crippen MR) is 116 cm³/mol. The summed E-state index contributed by atoms with van der Waals surface area (Å²) in [6, 6.07) is 4.59. The molecule has 0 aliphatic carbocycles. The van der Waals surface area contributed by atoms with Crippen LogP contribution in [0.15, 0.2) is 28.2 Å². The number of amidine groups is 2. The van der Waals surface area contributed by atoms with Gasteiger partial charge in [-0.05, 0) is 25.2 Å². The normalized spacial score (nSPS) is 19.1. The van der Waals surface area contributed by atoms with Crippen molar-refractivity contribution in [2.45, 2.75) is 0 Å². The van der Waals surface area contributed by atoms with Crippen LogP contribution in [-0.4, -0.2) is 116 Å². The Kier molecular flexibility index (Phi) is 5.74. The van der Waals surface area contributed by atoms with Gasteiger partial charge in [-0.15, -0.1) is 0 Å². The first-order chi connectivity index (χ1) is 15.3. The molecule has 3 aliphatic heterocycles. The van der Waals surface area contributed by atoms with Crippen LogP contribution in [0.25, 0.3) is 0 Å². The maximum Gasteiger partial charge on any atom is 0.446 e. The average molecular weight is 441 g/mol. The largest absolute Gasteiger partial charge is 0.493 e. The Bertz CT molecular complexity index is 1080. The number of urea groups is 1. The summed E-state index contributed by atoms with van der Waals surface area (Å²) in [6.07, 6.45) is 0. The summed E-state index contributed by atoms with van der Waals surface area (Å²) in [5.41, 5.74) is 0.701. The van der Waals surface area contributed by atoms with Gasteiger partial charge >= 0.3 is 17.8 Å². The number of nitrogens with zero attached hydrogens (tertiary/aromatic N) is 6. The standard InChI is InChI=1S/C21H25N6O5/c1-24-7-9-27(10-8-24)16(28)12-32-14-6-5-13(11-15(14)31-4)18-22-17-19(23-18)25(2)21(30)26(3)20(17)29/h5-6,11H,7-10,12H2,1-4H3/q+1. The molecule has 1 saturated heterocycles. The molecule has 1 aromatic carbocycles. The Labute approximate surface area is 185 Å². The molecule has 4 rings (SSSR count). The second-order valence-corrected chi connectivity index (χ2v) is 7.76. The molecule has 0 saturated carbocycles. The van der Waals surface area contributed by atoms with Gasteiger partial charge in [-0.3, -0.25) is 4.79 Å². The molecule has 4 amide bonds. The Morgan fingerprint density at radius 1 is 1.09 bits per heavy atom. The van der Waals surface area contributed by atoms with E-state index in [9.17, 15) is 14.4 Å². The Balaban J connectivity index is 1.51. The molecule has 11 heteroatoms. The number of carbonyl (C=O) groups excluding carboxylic acids is 3. The molecule has 3 heterocycles. The van der Waals surface area contributed by atoms with Crippen LogP contribution in [0, 0.1) is 0 Å². The van der Waals surface area contributed by atoms with Gasteiger partial charge in [0.15, 0.2) is 18.1 Å². The maximum absolute atomic E-state index is 12.4. The number of fused-ring (bicyclic) bond motifs is 1. The number of hydrogen-bond donors (Lipinski definition) is 0. The lowest BCUT2D eigenvalue weighted by molar-refractivity contribution is -0.401. The third-order valence-electron chi connectivity index (χ3n) is 5.67. The molecule has 0 radical (unpaired) electrons. The number of carbonyl (C=O) groups is 3. The minimum Gasteiger partial charge on any atom is -0.493 e. The van der Waals surface area contributed by atoms with Crippen molar-refractivity contribution >= 4 is 35.2 Å². The number of aliphatic imine (C=N–C) groups is 2. The van der Waals surface area contributed by atoms with E-state index in [-0.39, 0.29) is 29.9 Å². The topological polar surface area (TPSA) is 107 Å². The predicted octanol–water partition coefficient (Wildman–Crippen LogP) is -0.318. The SMILES string of the molecule is COc1cc(C2=NC3=[N+](C)C(=O)N(C)C(=O)C3=N2)ccc1OCC(=O)N1CCN(C)CC1. The maximum atomic E-state index is 12.4.